The lowest BCUT2D eigenvalue weighted by atomic mass is 9.77. The number of nitrogens with two attached hydrogens (primary N) is 1. The summed E-state index contributed by atoms with van der Waals surface area (Å²) in [5, 5.41) is 11.2. The van der Waals surface area contributed by atoms with E-state index in [4.69, 9.17) is 11.0 Å². The van der Waals surface area contributed by atoms with E-state index in [-0.39, 0.29) is 16.9 Å². The number of alkyl halides is 3. The van der Waals surface area contributed by atoms with Gasteiger partial charge in [0.2, 0.25) is 0 Å². The van der Waals surface area contributed by atoms with Crippen LogP contribution in [0.3, 0.4) is 0 Å². The summed E-state index contributed by atoms with van der Waals surface area (Å²) in [6.07, 6.45) is -0.0723. The Bertz CT molecular complexity index is 1080. The van der Waals surface area contributed by atoms with Gasteiger partial charge in [-0.15, -0.1) is 0 Å². The Morgan fingerprint density at radius 1 is 1.23 bits per heavy atom. The Balaban J connectivity index is 1.98. The molecule has 1 amide bonds. The van der Waals surface area contributed by atoms with Crippen molar-refractivity contribution in [2.24, 2.45) is 10.7 Å². The van der Waals surface area contributed by atoms with Gasteiger partial charge in [0.05, 0.1) is 12.0 Å². The molecule has 0 bridgehead atoms. The molecule has 1 aliphatic heterocycles. The number of aromatic nitrogens is 1. The molecule has 6 nitrogen and oxygen atoms in total. The number of hydrogen-bond acceptors (Lipinski definition) is 5. The van der Waals surface area contributed by atoms with Gasteiger partial charge in [0.1, 0.15) is 23.4 Å². The largest absolute Gasteiger partial charge is 0.385 e. The fraction of sp³-hybridized carbons (Fsp3) is 0.300. The summed E-state index contributed by atoms with van der Waals surface area (Å²) in [5.74, 6) is -6.12. The van der Waals surface area contributed by atoms with Crippen molar-refractivity contribution < 1.29 is 22.4 Å². The van der Waals surface area contributed by atoms with Gasteiger partial charge in [-0.1, -0.05) is 0 Å². The monoisotopic (exact) mass is 419 g/mol. The first kappa shape index (κ1) is 21.2. The van der Waals surface area contributed by atoms with Crippen LogP contribution in [0.2, 0.25) is 0 Å². The van der Waals surface area contributed by atoms with Crippen molar-refractivity contribution in [1.82, 2.24) is 4.98 Å². The Morgan fingerprint density at radius 2 is 1.93 bits per heavy atom. The molecular weight excluding hydrogens is 402 g/mol. The topological polar surface area (TPSA) is 104 Å². The third-order valence-corrected chi connectivity index (χ3v) is 5.02. The van der Waals surface area contributed by atoms with Crippen molar-refractivity contribution in [3.8, 4) is 6.07 Å². The Labute approximate surface area is 169 Å². The SMILES string of the molecule is C[C@]1(F)CC(F)(F)[C@@](C)(c2cc(NC(=O)c3ccc(C#N)cn3)ccc2F)N=C1N. The van der Waals surface area contributed by atoms with Crippen LogP contribution in [0.25, 0.3) is 0 Å². The molecule has 1 aliphatic rings. The zero-order chi connectivity index (χ0) is 22.3. The lowest BCUT2D eigenvalue weighted by Gasteiger charge is -2.42. The maximum absolute atomic E-state index is 14.8. The second-order valence-corrected chi connectivity index (χ2v) is 7.34. The molecule has 10 heteroatoms. The molecule has 0 saturated carbocycles. The van der Waals surface area contributed by atoms with Gasteiger partial charge >= 0.3 is 0 Å². The van der Waals surface area contributed by atoms with Gasteiger partial charge in [-0.05, 0) is 44.2 Å². The highest BCUT2D eigenvalue weighted by molar-refractivity contribution is 6.03. The van der Waals surface area contributed by atoms with Crippen LogP contribution >= 0.6 is 0 Å². The summed E-state index contributed by atoms with van der Waals surface area (Å²) < 4.78 is 58.5. The zero-order valence-electron chi connectivity index (χ0n) is 16.0. The number of hydrogen-bond donors (Lipinski definition) is 2. The molecule has 1 aromatic heterocycles. The number of amides is 1. The van der Waals surface area contributed by atoms with E-state index in [1.54, 1.807) is 0 Å². The number of amidine groups is 1. The van der Waals surface area contributed by atoms with Crippen LogP contribution in [0.15, 0.2) is 41.5 Å². The van der Waals surface area contributed by atoms with E-state index in [1.807, 2.05) is 6.07 Å². The molecule has 3 rings (SSSR count). The highest BCUT2D eigenvalue weighted by Gasteiger charge is 2.60. The van der Waals surface area contributed by atoms with E-state index < -0.39 is 46.7 Å². The van der Waals surface area contributed by atoms with Gasteiger partial charge < -0.3 is 11.1 Å². The summed E-state index contributed by atoms with van der Waals surface area (Å²) >= 11 is 0. The van der Waals surface area contributed by atoms with E-state index in [0.717, 1.165) is 26.0 Å². The summed E-state index contributed by atoms with van der Waals surface area (Å²) in [4.78, 5) is 19.8. The average Bonchev–Trinajstić information content (AvgIpc) is 2.67. The molecule has 3 N–H and O–H groups in total. The lowest BCUT2D eigenvalue weighted by molar-refractivity contribution is -0.106. The van der Waals surface area contributed by atoms with Crippen LogP contribution in [0, 0.1) is 17.1 Å². The predicted molar refractivity (Wildman–Crippen MR) is 101 cm³/mol. The molecular formula is C20H17F4N5O. The smallest absolute Gasteiger partial charge is 0.280 e. The number of nitrogens with one attached hydrogen (secondary N) is 1. The van der Waals surface area contributed by atoms with Crippen LogP contribution in [0.1, 0.15) is 41.9 Å². The number of rotatable bonds is 3. The number of nitriles is 1. The minimum atomic E-state index is -3.75. The lowest BCUT2D eigenvalue weighted by Crippen LogP contribution is -2.56. The molecule has 2 heterocycles. The fourth-order valence-corrected chi connectivity index (χ4v) is 3.14. The summed E-state index contributed by atoms with van der Waals surface area (Å²) in [6.45, 7) is 1.85. The first-order valence-electron chi connectivity index (χ1n) is 8.80. The van der Waals surface area contributed by atoms with E-state index >= 15 is 0 Å². The van der Waals surface area contributed by atoms with Gasteiger partial charge in [0.25, 0.3) is 11.8 Å². The Morgan fingerprint density at radius 3 is 2.53 bits per heavy atom. The standard InChI is InChI=1S/C20H17F4N5O/c1-18(22)10-20(23,24)19(2,29-17(18)26)13-7-12(4-5-14(13)21)28-16(30)15-6-3-11(8-25)9-27-15/h3-7,9H,10H2,1-2H3,(H2,26,29)(H,28,30)/t18-,19+/m0/s1. The second-order valence-electron chi connectivity index (χ2n) is 7.34. The number of aliphatic imine (C=N–C) groups is 1. The number of pyridine rings is 1. The molecule has 0 saturated heterocycles. The number of halogens is 4. The van der Waals surface area contributed by atoms with Crippen LogP contribution in [0.5, 0.6) is 0 Å². The van der Waals surface area contributed by atoms with Crippen molar-refractivity contribution in [2.45, 2.75) is 37.4 Å². The van der Waals surface area contributed by atoms with Crippen LogP contribution in [-0.2, 0) is 5.54 Å². The van der Waals surface area contributed by atoms with E-state index in [1.165, 1.54) is 24.4 Å². The van der Waals surface area contributed by atoms with Crippen molar-refractivity contribution in [3.63, 3.8) is 0 Å². The van der Waals surface area contributed by atoms with E-state index in [2.05, 4.69) is 15.3 Å². The first-order chi connectivity index (χ1) is 13.9. The van der Waals surface area contributed by atoms with Gasteiger partial charge in [-0.25, -0.2) is 22.5 Å². The van der Waals surface area contributed by atoms with E-state index in [0.29, 0.717) is 0 Å². The normalized spacial score (nSPS) is 25.2. The van der Waals surface area contributed by atoms with Crippen LogP contribution in [-0.4, -0.2) is 28.3 Å². The summed E-state index contributed by atoms with van der Waals surface area (Å²) in [7, 11) is 0. The quantitative estimate of drug-likeness (QED) is 0.741. The van der Waals surface area contributed by atoms with E-state index in [9.17, 15) is 22.4 Å². The third kappa shape index (κ3) is 3.58. The molecule has 1 aromatic carbocycles. The number of nitrogens with zero attached hydrogens (tertiary/aromatic N) is 3. The van der Waals surface area contributed by atoms with Crippen molar-refractivity contribution >= 4 is 17.4 Å². The first-order valence-corrected chi connectivity index (χ1v) is 8.80. The number of anilines is 1. The molecule has 0 spiro atoms. The minimum absolute atomic E-state index is 0.00180. The molecule has 0 unspecified atom stereocenters. The van der Waals surface area contributed by atoms with Crippen molar-refractivity contribution in [3.05, 3.63) is 59.2 Å². The Hall–Kier alpha value is -3.48. The molecule has 2 aromatic rings. The van der Waals surface area contributed by atoms with Crippen LogP contribution < -0.4 is 11.1 Å². The van der Waals surface area contributed by atoms with Crippen molar-refractivity contribution in [2.75, 3.05) is 5.32 Å². The maximum Gasteiger partial charge on any atom is 0.280 e. The number of benzene rings is 1. The third-order valence-electron chi connectivity index (χ3n) is 5.02. The average molecular weight is 419 g/mol. The van der Waals surface area contributed by atoms with Gasteiger partial charge in [-0.3, -0.25) is 9.79 Å². The molecule has 30 heavy (non-hydrogen) atoms. The maximum atomic E-state index is 14.8. The molecule has 156 valence electrons. The minimum Gasteiger partial charge on any atom is -0.385 e. The van der Waals surface area contributed by atoms with Crippen molar-refractivity contribution in [1.29, 1.82) is 5.26 Å². The fourth-order valence-electron chi connectivity index (χ4n) is 3.14. The summed E-state index contributed by atoms with van der Waals surface area (Å²) in [6, 6.07) is 7.62. The van der Waals surface area contributed by atoms with Gasteiger partial charge in [-0.2, -0.15) is 5.26 Å². The molecule has 0 fully saturated rings. The molecule has 0 radical (unpaired) electrons. The summed E-state index contributed by atoms with van der Waals surface area (Å²) in [5.41, 5.74) is 0.194. The van der Waals surface area contributed by atoms with Crippen LogP contribution in [0.4, 0.5) is 23.2 Å². The zero-order valence-corrected chi connectivity index (χ0v) is 16.0. The highest BCUT2D eigenvalue weighted by Crippen LogP contribution is 2.50. The molecule has 2 atom stereocenters. The Kier molecular flexibility index (Phi) is 5.02. The molecule has 0 aliphatic carbocycles. The number of carbonyl (C=O) groups is 1. The van der Waals surface area contributed by atoms with Gasteiger partial charge in [0, 0.05) is 17.4 Å². The van der Waals surface area contributed by atoms with Gasteiger partial charge in [0.15, 0.2) is 11.2 Å². The highest BCUT2D eigenvalue weighted by atomic mass is 19.3. The number of carbonyl (C=O) groups excluding carboxylic acids is 1. The second kappa shape index (κ2) is 7.09. The predicted octanol–water partition coefficient (Wildman–Crippen LogP) is 3.68.